The molecule has 0 aliphatic carbocycles. The molecule has 1 amide bonds. The van der Waals surface area contributed by atoms with Crippen molar-refractivity contribution in [2.24, 2.45) is 5.92 Å². The molecule has 0 atom stereocenters. The molecule has 0 radical (unpaired) electrons. The van der Waals surface area contributed by atoms with E-state index in [2.05, 4.69) is 40.2 Å². The van der Waals surface area contributed by atoms with E-state index in [9.17, 15) is 13.2 Å². The first-order valence-electron chi connectivity index (χ1n) is 13.0. The highest BCUT2D eigenvalue weighted by Gasteiger charge is 2.26. The van der Waals surface area contributed by atoms with E-state index in [1.54, 1.807) is 36.7 Å². The van der Waals surface area contributed by atoms with Crippen molar-refractivity contribution in [3.05, 3.63) is 71.4 Å². The predicted octanol–water partition coefficient (Wildman–Crippen LogP) is 3.34. The standard InChI is InChI=1S/C27H31N9O3S/c1-17-16-24(29-20(4)28-17)34-40(38,39)23-7-5-22(6-8-23)30-27(37)21-11-13-35(14-12-21)25-9-10-26(32-31-25)36-19(3)15-18(2)33-36/h5-10,15-16,21H,11-14H2,1-4H3,(H,30,37)(H,28,29,34). The van der Waals surface area contributed by atoms with Crippen LogP contribution in [0.15, 0.2) is 53.4 Å². The number of rotatable bonds is 7. The lowest BCUT2D eigenvalue weighted by molar-refractivity contribution is -0.120. The van der Waals surface area contributed by atoms with E-state index in [1.807, 2.05) is 32.0 Å². The zero-order valence-corrected chi connectivity index (χ0v) is 23.6. The summed E-state index contributed by atoms with van der Waals surface area (Å²) >= 11 is 0. The van der Waals surface area contributed by atoms with Gasteiger partial charge in [0.05, 0.1) is 10.6 Å². The first kappa shape index (κ1) is 27.2. The number of carbonyl (C=O) groups is 1. The molecule has 1 aliphatic heterocycles. The molecule has 4 aromatic rings. The zero-order valence-electron chi connectivity index (χ0n) is 22.8. The minimum Gasteiger partial charge on any atom is -0.355 e. The van der Waals surface area contributed by atoms with Gasteiger partial charge in [-0.05, 0) is 83.0 Å². The number of nitrogens with one attached hydrogen (secondary N) is 2. The number of aromatic nitrogens is 6. The molecule has 1 fully saturated rings. The summed E-state index contributed by atoms with van der Waals surface area (Å²) < 4.78 is 29.8. The van der Waals surface area contributed by atoms with Crippen LogP contribution >= 0.6 is 0 Å². The van der Waals surface area contributed by atoms with E-state index in [0.29, 0.717) is 49.0 Å². The molecule has 4 heterocycles. The van der Waals surface area contributed by atoms with Crippen LogP contribution in [0.4, 0.5) is 17.3 Å². The highest BCUT2D eigenvalue weighted by molar-refractivity contribution is 7.92. The molecule has 13 heteroatoms. The number of amides is 1. The van der Waals surface area contributed by atoms with Crippen molar-refractivity contribution < 1.29 is 13.2 Å². The molecule has 2 N–H and O–H groups in total. The summed E-state index contributed by atoms with van der Waals surface area (Å²) in [5.41, 5.74) is 3.11. The number of hydrogen-bond acceptors (Lipinski definition) is 9. The topological polar surface area (TPSA) is 148 Å². The highest BCUT2D eigenvalue weighted by Crippen LogP contribution is 2.24. The maximum atomic E-state index is 12.9. The van der Waals surface area contributed by atoms with Gasteiger partial charge in [-0.1, -0.05) is 0 Å². The van der Waals surface area contributed by atoms with Gasteiger partial charge in [0.1, 0.15) is 11.6 Å². The molecule has 1 aliphatic rings. The summed E-state index contributed by atoms with van der Waals surface area (Å²) in [4.78, 5) is 23.4. The maximum Gasteiger partial charge on any atom is 0.263 e. The summed E-state index contributed by atoms with van der Waals surface area (Å²) in [6.45, 7) is 8.73. The molecule has 3 aromatic heterocycles. The average Bonchev–Trinajstić information content (AvgIpc) is 3.26. The Morgan fingerprint density at radius 1 is 0.875 bits per heavy atom. The molecule has 1 aromatic carbocycles. The van der Waals surface area contributed by atoms with E-state index in [-0.39, 0.29) is 22.5 Å². The Bertz CT molecular complexity index is 1610. The van der Waals surface area contributed by atoms with Gasteiger partial charge in [-0.25, -0.2) is 23.1 Å². The molecule has 0 bridgehead atoms. The number of piperidine rings is 1. The van der Waals surface area contributed by atoms with Crippen molar-refractivity contribution in [3.63, 3.8) is 0 Å². The van der Waals surface area contributed by atoms with Crippen LogP contribution < -0.4 is 14.9 Å². The Kier molecular flexibility index (Phi) is 7.48. The van der Waals surface area contributed by atoms with Crippen LogP contribution in [-0.2, 0) is 14.8 Å². The van der Waals surface area contributed by atoms with Crippen molar-refractivity contribution in [3.8, 4) is 5.82 Å². The second kappa shape index (κ2) is 11.0. The molecular formula is C27H31N9O3S. The van der Waals surface area contributed by atoms with Crippen molar-refractivity contribution in [2.75, 3.05) is 28.0 Å². The van der Waals surface area contributed by atoms with Gasteiger partial charge < -0.3 is 10.2 Å². The number of sulfonamides is 1. The zero-order chi connectivity index (χ0) is 28.4. The summed E-state index contributed by atoms with van der Waals surface area (Å²) in [6.07, 6.45) is 1.34. The normalized spacial score (nSPS) is 14.2. The Morgan fingerprint density at radius 3 is 2.15 bits per heavy atom. The SMILES string of the molecule is Cc1cc(NS(=O)(=O)c2ccc(NC(=O)C3CCN(c4ccc(-n5nc(C)cc5C)nn4)CC3)cc2)nc(C)n1. The van der Waals surface area contributed by atoms with Gasteiger partial charge in [0.15, 0.2) is 11.6 Å². The van der Waals surface area contributed by atoms with Gasteiger partial charge in [0, 0.05) is 42.1 Å². The first-order chi connectivity index (χ1) is 19.1. The number of carbonyl (C=O) groups excluding carboxylic acids is 1. The van der Waals surface area contributed by atoms with Crippen LogP contribution in [-0.4, -0.2) is 57.4 Å². The van der Waals surface area contributed by atoms with Crippen molar-refractivity contribution in [1.82, 2.24) is 29.9 Å². The largest absolute Gasteiger partial charge is 0.355 e. The Balaban J connectivity index is 1.15. The van der Waals surface area contributed by atoms with Crippen LogP contribution in [0, 0.1) is 33.6 Å². The monoisotopic (exact) mass is 561 g/mol. The third-order valence-electron chi connectivity index (χ3n) is 6.69. The van der Waals surface area contributed by atoms with Crippen LogP contribution in [0.2, 0.25) is 0 Å². The van der Waals surface area contributed by atoms with Gasteiger partial charge in [-0.2, -0.15) is 5.10 Å². The quantitative estimate of drug-likeness (QED) is 0.347. The number of hydrogen-bond donors (Lipinski definition) is 2. The van der Waals surface area contributed by atoms with Crippen LogP contribution in [0.3, 0.4) is 0 Å². The summed E-state index contributed by atoms with van der Waals surface area (Å²) in [7, 11) is -3.84. The second-order valence-electron chi connectivity index (χ2n) is 9.91. The number of nitrogens with zero attached hydrogens (tertiary/aromatic N) is 7. The fraction of sp³-hybridized carbons (Fsp3) is 0.333. The number of aryl methyl sites for hydroxylation is 4. The molecule has 40 heavy (non-hydrogen) atoms. The van der Waals surface area contributed by atoms with Crippen molar-refractivity contribution >= 4 is 33.3 Å². The molecular weight excluding hydrogens is 530 g/mol. The van der Waals surface area contributed by atoms with E-state index in [4.69, 9.17) is 0 Å². The van der Waals surface area contributed by atoms with E-state index >= 15 is 0 Å². The van der Waals surface area contributed by atoms with Gasteiger partial charge in [0.25, 0.3) is 10.0 Å². The summed E-state index contributed by atoms with van der Waals surface area (Å²) in [5.74, 6) is 1.86. The van der Waals surface area contributed by atoms with Gasteiger partial charge in [-0.15, -0.1) is 10.2 Å². The molecule has 12 nitrogen and oxygen atoms in total. The number of anilines is 3. The molecule has 5 rings (SSSR count). The second-order valence-corrected chi connectivity index (χ2v) is 11.6. The predicted molar refractivity (Wildman–Crippen MR) is 151 cm³/mol. The molecule has 0 saturated carbocycles. The minimum atomic E-state index is -3.84. The van der Waals surface area contributed by atoms with E-state index in [0.717, 1.165) is 17.2 Å². The fourth-order valence-electron chi connectivity index (χ4n) is 4.76. The minimum absolute atomic E-state index is 0.0673. The average molecular weight is 562 g/mol. The van der Waals surface area contributed by atoms with Gasteiger partial charge in [0.2, 0.25) is 5.91 Å². The smallest absolute Gasteiger partial charge is 0.263 e. The number of benzene rings is 1. The maximum absolute atomic E-state index is 12.9. The fourth-order valence-corrected chi connectivity index (χ4v) is 5.75. The summed E-state index contributed by atoms with van der Waals surface area (Å²) in [5, 5.41) is 16.1. The Labute approximate surface area is 232 Å². The first-order valence-corrected chi connectivity index (χ1v) is 14.4. The lowest BCUT2D eigenvalue weighted by atomic mass is 9.96. The van der Waals surface area contributed by atoms with Gasteiger partial charge >= 0.3 is 0 Å². The van der Waals surface area contributed by atoms with Gasteiger partial charge in [-0.3, -0.25) is 9.52 Å². The molecule has 208 valence electrons. The van der Waals surface area contributed by atoms with Crippen LogP contribution in [0.5, 0.6) is 0 Å². The molecule has 0 unspecified atom stereocenters. The molecule has 1 saturated heterocycles. The van der Waals surface area contributed by atoms with E-state index in [1.165, 1.54) is 12.1 Å². The molecule has 0 spiro atoms. The van der Waals surface area contributed by atoms with E-state index < -0.39 is 10.0 Å². The van der Waals surface area contributed by atoms with Crippen LogP contribution in [0.25, 0.3) is 5.82 Å². The lowest BCUT2D eigenvalue weighted by Gasteiger charge is -2.31. The third kappa shape index (κ3) is 6.09. The Morgan fingerprint density at radius 2 is 1.55 bits per heavy atom. The van der Waals surface area contributed by atoms with Crippen LogP contribution in [0.1, 0.15) is 35.7 Å². The van der Waals surface area contributed by atoms with Crippen molar-refractivity contribution in [1.29, 1.82) is 0 Å². The third-order valence-corrected chi connectivity index (χ3v) is 8.06. The Hall–Kier alpha value is -4.39. The lowest BCUT2D eigenvalue weighted by Crippen LogP contribution is -2.38. The summed E-state index contributed by atoms with van der Waals surface area (Å²) in [6, 6.07) is 13.4. The highest BCUT2D eigenvalue weighted by atomic mass is 32.2. The van der Waals surface area contributed by atoms with Crippen molar-refractivity contribution in [2.45, 2.75) is 45.4 Å².